The molecule has 8 heteroatoms. The second-order valence-electron chi connectivity index (χ2n) is 6.09. The highest BCUT2D eigenvalue weighted by Crippen LogP contribution is 2.32. The first kappa shape index (κ1) is 20.0. The second kappa shape index (κ2) is 9.45. The van der Waals surface area contributed by atoms with Gasteiger partial charge in [-0.3, -0.25) is 9.59 Å². The van der Waals surface area contributed by atoms with Crippen molar-refractivity contribution in [2.75, 3.05) is 12.5 Å². The molecule has 0 bridgehead atoms. The van der Waals surface area contributed by atoms with Gasteiger partial charge in [-0.15, -0.1) is 11.8 Å². The largest absolute Gasteiger partial charge is 0.454 e. The molecule has 1 amide bonds. The maximum Gasteiger partial charge on any atom is 0.307 e. The van der Waals surface area contributed by atoms with Gasteiger partial charge in [0.15, 0.2) is 17.6 Å². The first-order chi connectivity index (χ1) is 13.5. The van der Waals surface area contributed by atoms with Crippen molar-refractivity contribution in [1.82, 2.24) is 5.32 Å². The fraction of sp³-hybridized carbons (Fsp3) is 0.300. The third kappa shape index (κ3) is 5.63. The standard InChI is InChI=1S/C20H20FNO5S/c1-13(27-19(23)8-9-28-16-5-3-15(21)4-6-16)20(24)22-11-14-2-7-17-18(10-14)26-12-25-17/h2-7,10,13H,8-9,11-12H2,1H3,(H,22,24)/t13-/m0/s1. The molecule has 0 spiro atoms. The quantitative estimate of drug-likeness (QED) is 0.537. The predicted octanol–water partition coefficient (Wildman–Crippen LogP) is 3.28. The number of amides is 1. The Morgan fingerprint density at radius 3 is 2.71 bits per heavy atom. The van der Waals surface area contributed by atoms with E-state index >= 15 is 0 Å². The van der Waals surface area contributed by atoms with Gasteiger partial charge in [0.05, 0.1) is 6.42 Å². The first-order valence-corrected chi connectivity index (χ1v) is 9.74. The van der Waals surface area contributed by atoms with Gasteiger partial charge in [0.2, 0.25) is 6.79 Å². The molecule has 0 fully saturated rings. The summed E-state index contributed by atoms with van der Waals surface area (Å²) in [5.41, 5.74) is 0.854. The average molecular weight is 405 g/mol. The van der Waals surface area contributed by atoms with Crippen LogP contribution in [0.15, 0.2) is 47.4 Å². The van der Waals surface area contributed by atoms with Crippen molar-refractivity contribution in [3.63, 3.8) is 0 Å². The van der Waals surface area contributed by atoms with Gasteiger partial charge in [-0.1, -0.05) is 6.07 Å². The lowest BCUT2D eigenvalue weighted by atomic mass is 10.2. The smallest absolute Gasteiger partial charge is 0.307 e. The molecular formula is C20H20FNO5S. The molecule has 3 rings (SSSR count). The maximum absolute atomic E-state index is 12.9. The Hall–Kier alpha value is -2.74. The average Bonchev–Trinajstić information content (AvgIpc) is 3.15. The highest BCUT2D eigenvalue weighted by atomic mass is 32.2. The van der Waals surface area contributed by atoms with Gasteiger partial charge in [0, 0.05) is 17.2 Å². The fourth-order valence-electron chi connectivity index (χ4n) is 2.48. The van der Waals surface area contributed by atoms with Crippen molar-refractivity contribution >= 4 is 23.6 Å². The van der Waals surface area contributed by atoms with E-state index in [-0.39, 0.29) is 31.5 Å². The van der Waals surface area contributed by atoms with Crippen molar-refractivity contribution in [2.45, 2.75) is 30.9 Å². The molecule has 0 aliphatic carbocycles. The van der Waals surface area contributed by atoms with Crippen molar-refractivity contribution in [2.24, 2.45) is 0 Å². The maximum atomic E-state index is 12.9. The van der Waals surface area contributed by atoms with E-state index in [2.05, 4.69) is 5.32 Å². The molecule has 0 aromatic heterocycles. The van der Waals surface area contributed by atoms with Gasteiger partial charge in [0.1, 0.15) is 5.82 Å². The molecule has 28 heavy (non-hydrogen) atoms. The first-order valence-electron chi connectivity index (χ1n) is 8.75. The molecule has 0 unspecified atom stereocenters. The zero-order valence-corrected chi connectivity index (χ0v) is 16.1. The van der Waals surface area contributed by atoms with E-state index in [0.29, 0.717) is 17.3 Å². The van der Waals surface area contributed by atoms with Crippen LogP contribution < -0.4 is 14.8 Å². The van der Waals surface area contributed by atoms with Crippen molar-refractivity contribution in [3.05, 3.63) is 53.8 Å². The van der Waals surface area contributed by atoms with Crippen LogP contribution in [0.2, 0.25) is 0 Å². The minimum atomic E-state index is -0.891. The zero-order chi connectivity index (χ0) is 19.9. The topological polar surface area (TPSA) is 73.9 Å². The number of esters is 1. The Labute approximate surface area is 166 Å². The number of benzene rings is 2. The molecular weight excluding hydrogens is 385 g/mol. The summed E-state index contributed by atoms with van der Waals surface area (Å²) in [6.07, 6.45) is -0.737. The minimum Gasteiger partial charge on any atom is -0.454 e. The number of hydrogen-bond acceptors (Lipinski definition) is 6. The highest BCUT2D eigenvalue weighted by molar-refractivity contribution is 7.99. The van der Waals surface area contributed by atoms with E-state index in [4.69, 9.17) is 14.2 Å². The fourth-order valence-corrected chi connectivity index (χ4v) is 3.31. The molecule has 1 aliphatic heterocycles. The van der Waals surface area contributed by atoms with Gasteiger partial charge in [-0.05, 0) is 48.9 Å². The van der Waals surface area contributed by atoms with Crippen molar-refractivity contribution in [1.29, 1.82) is 0 Å². The van der Waals surface area contributed by atoms with Crippen LogP contribution in [0.5, 0.6) is 11.5 Å². The van der Waals surface area contributed by atoms with Crippen LogP contribution >= 0.6 is 11.8 Å². The number of carbonyl (C=O) groups excluding carboxylic acids is 2. The Bertz CT molecular complexity index is 843. The van der Waals surface area contributed by atoms with Crippen LogP contribution in [0.3, 0.4) is 0 Å². The molecule has 2 aromatic carbocycles. The molecule has 1 heterocycles. The number of halogens is 1. The van der Waals surface area contributed by atoms with Crippen LogP contribution in [-0.4, -0.2) is 30.5 Å². The highest BCUT2D eigenvalue weighted by Gasteiger charge is 2.18. The summed E-state index contributed by atoms with van der Waals surface area (Å²) in [5.74, 6) is 0.665. The monoisotopic (exact) mass is 405 g/mol. The number of thioether (sulfide) groups is 1. The lowest BCUT2D eigenvalue weighted by molar-refractivity contribution is -0.154. The lowest BCUT2D eigenvalue weighted by Gasteiger charge is -2.13. The summed E-state index contributed by atoms with van der Waals surface area (Å²) in [6.45, 7) is 2.01. The Kier molecular flexibility index (Phi) is 6.76. The number of nitrogens with one attached hydrogen (secondary N) is 1. The van der Waals surface area contributed by atoms with Crippen molar-refractivity contribution < 1.29 is 28.2 Å². The number of carbonyl (C=O) groups is 2. The van der Waals surface area contributed by atoms with Crippen molar-refractivity contribution in [3.8, 4) is 11.5 Å². The molecule has 0 saturated heterocycles. The summed E-state index contributed by atoms with van der Waals surface area (Å²) in [4.78, 5) is 24.9. The van der Waals surface area contributed by atoms with E-state index in [1.165, 1.54) is 30.8 Å². The van der Waals surface area contributed by atoms with Crippen LogP contribution in [0.25, 0.3) is 0 Å². The van der Waals surface area contributed by atoms with Crippen LogP contribution in [0.4, 0.5) is 4.39 Å². The minimum absolute atomic E-state index is 0.155. The Balaban J connectivity index is 1.37. The molecule has 1 atom stereocenters. The summed E-state index contributed by atoms with van der Waals surface area (Å²) < 4.78 is 28.6. The van der Waals surface area contributed by atoms with E-state index < -0.39 is 12.1 Å². The van der Waals surface area contributed by atoms with E-state index in [9.17, 15) is 14.0 Å². The summed E-state index contributed by atoms with van der Waals surface area (Å²) in [6, 6.07) is 11.4. The van der Waals surface area contributed by atoms with E-state index in [0.717, 1.165) is 10.5 Å². The number of hydrogen-bond donors (Lipinski definition) is 1. The van der Waals surface area contributed by atoms with Gasteiger partial charge >= 0.3 is 5.97 Å². The predicted molar refractivity (Wildman–Crippen MR) is 102 cm³/mol. The molecule has 6 nitrogen and oxygen atoms in total. The number of rotatable bonds is 8. The van der Waals surface area contributed by atoms with Crippen LogP contribution in [0.1, 0.15) is 18.9 Å². The van der Waals surface area contributed by atoms with Gasteiger partial charge in [-0.2, -0.15) is 0 Å². The van der Waals surface area contributed by atoms with Crippen LogP contribution in [-0.2, 0) is 20.9 Å². The van der Waals surface area contributed by atoms with E-state index in [1.807, 2.05) is 6.07 Å². The summed E-state index contributed by atoms with van der Waals surface area (Å²) in [5, 5.41) is 2.73. The van der Waals surface area contributed by atoms with Gasteiger partial charge in [0.25, 0.3) is 5.91 Å². The normalized spacial score (nSPS) is 13.1. The van der Waals surface area contributed by atoms with Crippen LogP contribution in [0, 0.1) is 5.82 Å². The number of fused-ring (bicyclic) bond motifs is 1. The SMILES string of the molecule is C[C@H](OC(=O)CCSc1ccc(F)cc1)C(=O)NCc1ccc2c(c1)OCO2. The third-order valence-corrected chi connectivity index (χ3v) is 4.98. The molecule has 1 N–H and O–H groups in total. The molecule has 2 aromatic rings. The zero-order valence-electron chi connectivity index (χ0n) is 15.3. The Morgan fingerprint density at radius 2 is 1.93 bits per heavy atom. The molecule has 1 aliphatic rings. The van der Waals surface area contributed by atoms with Gasteiger partial charge < -0.3 is 19.5 Å². The summed E-state index contributed by atoms with van der Waals surface area (Å²) >= 11 is 1.42. The lowest BCUT2D eigenvalue weighted by Crippen LogP contribution is -2.35. The summed E-state index contributed by atoms with van der Waals surface area (Å²) in [7, 11) is 0. The Morgan fingerprint density at radius 1 is 1.18 bits per heavy atom. The van der Waals surface area contributed by atoms with Gasteiger partial charge in [-0.25, -0.2) is 4.39 Å². The molecule has 0 saturated carbocycles. The van der Waals surface area contributed by atoms with E-state index in [1.54, 1.807) is 24.3 Å². The molecule has 0 radical (unpaired) electrons. The third-order valence-electron chi connectivity index (χ3n) is 3.97. The second-order valence-corrected chi connectivity index (χ2v) is 7.26. The molecule has 148 valence electrons. The number of ether oxygens (including phenoxy) is 3.